The Morgan fingerprint density at radius 2 is 1.57 bits per heavy atom. The number of benzene rings is 3. The Balaban J connectivity index is 1.81. The molecule has 1 aliphatic rings. The van der Waals surface area contributed by atoms with Crippen LogP contribution in [0.1, 0.15) is 16.7 Å². The third-order valence-electron chi connectivity index (χ3n) is 4.43. The molecule has 5 heteroatoms. The topological polar surface area (TPSA) is 32.7 Å². The van der Waals surface area contributed by atoms with Gasteiger partial charge in [-0.15, -0.1) is 0 Å². The van der Waals surface area contributed by atoms with Crippen LogP contribution in [0.5, 0.6) is 0 Å². The molecule has 1 amide bonds. The van der Waals surface area contributed by atoms with Gasteiger partial charge in [-0.1, -0.05) is 53.6 Å². The van der Waals surface area contributed by atoms with Gasteiger partial charge in [0, 0.05) is 10.6 Å². The van der Waals surface area contributed by atoms with E-state index in [0.29, 0.717) is 22.1 Å². The molecule has 4 rings (SSSR count). The third kappa shape index (κ3) is 3.59. The summed E-state index contributed by atoms with van der Waals surface area (Å²) in [7, 11) is 0. The van der Waals surface area contributed by atoms with Crippen LogP contribution in [-0.2, 0) is 4.79 Å². The molecule has 3 aromatic carbocycles. The van der Waals surface area contributed by atoms with E-state index in [-0.39, 0.29) is 17.4 Å². The van der Waals surface area contributed by atoms with Crippen LogP contribution in [0.15, 0.2) is 83.5 Å². The highest BCUT2D eigenvalue weighted by atomic mass is 35.5. The number of amides is 1. The van der Waals surface area contributed by atoms with E-state index in [9.17, 15) is 9.18 Å². The molecular formula is C23H16ClFN2O. The molecule has 138 valence electrons. The highest BCUT2D eigenvalue weighted by Crippen LogP contribution is 2.29. The van der Waals surface area contributed by atoms with Crippen molar-refractivity contribution in [1.82, 2.24) is 0 Å². The first kappa shape index (κ1) is 18.1. The van der Waals surface area contributed by atoms with Gasteiger partial charge in [0.1, 0.15) is 17.3 Å². The molecule has 0 aliphatic carbocycles. The van der Waals surface area contributed by atoms with Crippen LogP contribution in [0.2, 0.25) is 5.02 Å². The third-order valence-corrected chi connectivity index (χ3v) is 4.68. The second-order valence-corrected chi connectivity index (χ2v) is 6.94. The summed E-state index contributed by atoms with van der Waals surface area (Å²) in [6, 6.07) is 20.8. The Labute approximate surface area is 167 Å². The number of amidine groups is 1. The van der Waals surface area contributed by atoms with Crippen LogP contribution in [-0.4, -0.2) is 11.7 Å². The van der Waals surface area contributed by atoms with E-state index in [1.54, 1.807) is 47.4 Å². The Bertz CT molecular complexity index is 1080. The first-order valence-corrected chi connectivity index (χ1v) is 9.12. The first-order chi connectivity index (χ1) is 13.5. The molecule has 1 aliphatic heterocycles. The fourth-order valence-electron chi connectivity index (χ4n) is 2.96. The maximum absolute atomic E-state index is 13.2. The summed E-state index contributed by atoms with van der Waals surface area (Å²) >= 11 is 6.00. The predicted octanol–water partition coefficient (Wildman–Crippen LogP) is 5.62. The van der Waals surface area contributed by atoms with Gasteiger partial charge in [0.15, 0.2) is 0 Å². The van der Waals surface area contributed by atoms with Gasteiger partial charge in [-0.3, -0.25) is 9.69 Å². The van der Waals surface area contributed by atoms with Crippen LogP contribution in [0, 0.1) is 12.7 Å². The number of aryl methyl sites for hydroxylation is 1. The van der Waals surface area contributed by atoms with Crippen LogP contribution < -0.4 is 4.90 Å². The number of aliphatic imine (C=N–C) groups is 1. The van der Waals surface area contributed by atoms with Crippen molar-refractivity contribution in [3.8, 4) is 0 Å². The zero-order valence-corrected chi connectivity index (χ0v) is 15.8. The monoisotopic (exact) mass is 390 g/mol. The number of rotatable bonds is 3. The molecule has 0 spiro atoms. The summed E-state index contributed by atoms with van der Waals surface area (Å²) in [4.78, 5) is 19.3. The van der Waals surface area contributed by atoms with Gasteiger partial charge in [-0.2, -0.15) is 0 Å². The zero-order valence-electron chi connectivity index (χ0n) is 15.1. The van der Waals surface area contributed by atoms with E-state index in [4.69, 9.17) is 11.6 Å². The molecule has 0 aromatic heterocycles. The molecule has 1 heterocycles. The van der Waals surface area contributed by atoms with Crippen LogP contribution in [0.3, 0.4) is 0 Å². The zero-order chi connectivity index (χ0) is 19.7. The molecule has 0 bridgehead atoms. The summed E-state index contributed by atoms with van der Waals surface area (Å²) in [5.41, 5.74) is 3.62. The fraction of sp³-hybridized carbons (Fsp3) is 0.0435. The minimum absolute atomic E-state index is 0.248. The van der Waals surface area contributed by atoms with E-state index in [2.05, 4.69) is 4.99 Å². The average Bonchev–Trinajstić information content (AvgIpc) is 3.01. The normalized spacial score (nSPS) is 15.2. The maximum Gasteiger partial charge on any atom is 0.282 e. The van der Waals surface area contributed by atoms with Gasteiger partial charge >= 0.3 is 0 Å². The van der Waals surface area contributed by atoms with E-state index in [1.165, 1.54) is 12.1 Å². The number of carbonyl (C=O) groups is 1. The lowest BCUT2D eigenvalue weighted by Gasteiger charge is -2.18. The molecule has 28 heavy (non-hydrogen) atoms. The molecule has 0 N–H and O–H groups in total. The first-order valence-electron chi connectivity index (χ1n) is 8.74. The van der Waals surface area contributed by atoms with Gasteiger partial charge in [0.25, 0.3) is 5.91 Å². The Hall–Kier alpha value is -3.24. The molecule has 0 unspecified atom stereocenters. The van der Waals surface area contributed by atoms with Crippen LogP contribution in [0.25, 0.3) is 6.08 Å². The van der Waals surface area contributed by atoms with E-state index in [1.807, 2.05) is 31.2 Å². The molecular weight excluding hydrogens is 375 g/mol. The number of anilines is 1. The van der Waals surface area contributed by atoms with Gasteiger partial charge in [-0.05, 0) is 55.0 Å². The molecule has 0 fully saturated rings. The summed E-state index contributed by atoms with van der Waals surface area (Å²) in [6.45, 7) is 2.00. The second kappa shape index (κ2) is 7.41. The summed E-state index contributed by atoms with van der Waals surface area (Å²) < 4.78 is 13.2. The van der Waals surface area contributed by atoms with Crippen LogP contribution in [0.4, 0.5) is 10.1 Å². The lowest BCUT2D eigenvalue weighted by atomic mass is 10.1. The number of hydrogen-bond acceptors (Lipinski definition) is 2. The quantitative estimate of drug-likeness (QED) is 0.534. The molecule has 0 radical (unpaired) electrons. The predicted molar refractivity (Wildman–Crippen MR) is 111 cm³/mol. The minimum atomic E-state index is -0.327. The standard InChI is InChI=1S/C23H16ClFN2O/c1-15-2-6-17(7-3-15)22-26-21(14-16-4-10-19(25)11-5-16)23(28)27(22)20-12-8-18(24)9-13-20/h2-14H,1H3/b21-14+. The summed E-state index contributed by atoms with van der Waals surface area (Å²) in [5, 5.41) is 0.589. The minimum Gasteiger partial charge on any atom is -0.266 e. The van der Waals surface area contributed by atoms with Crippen molar-refractivity contribution in [2.45, 2.75) is 6.92 Å². The van der Waals surface area contributed by atoms with Crippen molar-refractivity contribution < 1.29 is 9.18 Å². The Morgan fingerprint density at radius 3 is 2.21 bits per heavy atom. The fourth-order valence-corrected chi connectivity index (χ4v) is 3.09. The Morgan fingerprint density at radius 1 is 0.929 bits per heavy atom. The summed E-state index contributed by atoms with van der Waals surface area (Å²) in [6.07, 6.45) is 1.66. The lowest BCUT2D eigenvalue weighted by molar-refractivity contribution is -0.113. The van der Waals surface area contributed by atoms with Gasteiger partial charge < -0.3 is 0 Å². The van der Waals surface area contributed by atoms with E-state index >= 15 is 0 Å². The van der Waals surface area contributed by atoms with Crippen molar-refractivity contribution >= 4 is 35.1 Å². The highest BCUT2D eigenvalue weighted by molar-refractivity contribution is 6.33. The molecule has 0 atom stereocenters. The van der Waals surface area contributed by atoms with Crippen molar-refractivity contribution in [2.24, 2.45) is 4.99 Å². The largest absolute Gasteiger partial charge is 0.282 e. The van der Waals surface area contributed by atoms with Crippen molar-refractivity contribution in [3.63, 3.8) is 0 Å². The highest BCUT2D eigenvalue weighted by Gasteiger charge is 2.32. The van der Waals surface area contributed by atoms with Crippen molar-refractivity contribution in [2.75, 3.05) is 4.90 Å². The average molecular weight is 391 g/mol. The number of hydrogen-bond donors (Lipinski definition) is 0. The number of nitrogens with zero attached hydrogens (tertiary/aromatic N) is 2. The van der Waals surface area contributed by atoms with Crippen molar-refractivity contribution in [1.29, 1.82) is 0 Å². The van der Waals surface area contributed by atoms with Gasteiger partial charge in [0.2, 0.25) is 0 Å². The van der Waals surface area contributed by atoms with E-state index in [0.717, 1.165) is 11.1 Å². The van der Waals surface area contributed by atoms with E-state index < -0.39 is 0 Å². The summed E-state index contributed by atoms with van der Waals surface area (Å²) in [5.74, 6) is -0.0329. The smallest absolute Gasteiger partial charge is 0.266 e. The SMILES string of the molecule is Cc1ccc(C2=N/C(=C/c3ccc(F)cc3)C(=O)N2c2ccc(Cl)cc2)cc1. The maximum atomic E-state index is 13.2. The molecule has 0 saturated carbocycles. The lowest BCUT2D eigenvalue weighted by Crippen LogP contribution is -2.32. The second-order valence-electron chi connectivity index (χ2n) is 6.50. The molecule has 3 nitrogen and oxygen atoms in total. The molecule has 3 aromatic rings. The van der Waals surface area contributed by atoms with Crippen LogP contribution >= 0.6 is 11.6 Å². The van der Waals surface area contributed by atoms with Gasteiger partial charge in [0.05, 0.1) is 5.69 Å². The Kier molecular flexibility index (Phi) is 4.80. The molecule has 0 saturated heterocycles. The van der Waals surface area contributed by atoms with Gasteiger partial charge in [-0.25, -0.2) is 9.38 Å². The van der Waals surface area contributed by atoms with Crippen molar-refractivity contribution in [3.05, 3.63) is 106 Å². The number of halogens is 2. The number of carbonyl (C=O) groups excluding carboxylic acids is 1.